The van der Waals surface area contributed by atoms with Gasteiger partial charge in [-0.05, 0) is 31.2 Å². The topological polar surface area (TPSA) is 58.1 Å². The molecular weight excluding hydrogens is 382 g/mol. The number of nitrogens with one attached hydrogen (secondary N) is 1. The summed E-state index contributed by atoms with van der Waals surface area (Å²) >= 11 is 1.81. The molecule has 2 aromatic heterocycles. The average Bonchev–Trinajstić information content (AvgIpc) is 2.67. The summed E-state index contributed by atoms with van der Waals surface area (Å²) in [6.45, 7) is 3.16. The molecule has 3 aromatic rings. The number of benzene rings is 1. The van der Waals surface area contributed by atoms with Gasteiger partial charge in [0.15, 0.2) is 5.65 Å². The summed E-state index contributed by atoms with van der Waals surface area (Å²) < 4.78 is 27.3. The number of pyridine rings is 2. The predicted octanol–water partition coefficient (Wildman–Crippen LogP) is 4.15. The number of nitrogens with zero attached hydrogens (tertiary/aromatic N) is 3. The van der Waals surface area contributed by atoms with Crippen LogP contribution in [-0.2, 0) is 0 Å². The SMILES string of the molecule is Cc1ccc2c(Nc3cc(F)cc(F)c3)c(C(=O)N3CCSCC3)cnc2n1. The second-order valence-corrected chi connectivity index (χ2v) is 7.78. The average molecular weight is 400 g/mol. The normalized spacial score (nSPS) is 14.3. The molecule has 1 aromatic carbocycles. The Morgan fingerprint density at radius 1 is 1.14 bits per heavy atom. The summed E-state index contributed by atoms with van der Waals surface area (Å²) in [7, 11) is 0. The highest BCUT2D eigenvalue weighted by Crippen LogP contribution is 2.30. The van der Waals surface area contributed by atoms with Crippen LogP contribution >= 0.6 is 11.8 Å². The molecule has 1 aliphatic rings. The third kappa shape index (κ3) is 3.77. The zero-order valence-corrected chi connectivity index (χ0v) is 16.0. The van der Waals surface area contributed by atoms with E-state index < -0.39 is 11.6 Å². The Bertz CT molecular complexity index is 1030. The second kappa shape index (κ2) is 7.71. The zero-order chi connectivity index (χ0) is 19.7. The maximum atomic E-state index is 13.7. The number of carbonyl (C=O) groups excluding carboxylic acids is 1. The van der Waals surface area contributed by atoms with E-state index >= 15 is 0 Å². The fourth-order valence-electron chi connectivity index (χ4n) is 3.18. The highest BCUT2D eigenvalue weighted by Gasteiger charge is 2.23. The van der Waals surface area contributed by atoms with Gasteiger partial charge in [-0.25, -0.2) is 18.7 Å². The van der Waals surface area contributed by atoms with E-state index in [9.17, 15) is 13.6 Å². The Balaban J connectivity index is 1.83. The number of rotatable bonds is 3. The van der Waals surface area contributed by atoms with Crippen molar-refractivity contribution in [2.75, 3.05) is 29.9 Å². The molecule has 1 N–H and O–H groups in total. The summed E-state index contributed by atoms with van der Waals surface area (Å²) in [5, 5.41) is 3.64. The van der Waals surface area contributed by atoms with Gasteiger partial charge in [-0.2, -0.15) is 11.8 Å². The van der Waals surface area contributed by atoms with Crippen molar-refractivity contribution in [1.29, 1.82) is 0 Å². The van der Waals surface area contributed by atoms with Gasteiger partial charge in [-0.3, -0.25) is 4.79 Å². The van der Waals surface area contributed by atoms with Crippen molar-refractivity contribution in [2.24, 2.45) is 0 Å². The molecule has 0 aliphatic carbocycles. The highest BCUT2D eigenvalue weighted by molar-refractivity contribution is 7.99. The lowest BCUT2D eigenvalue weighted by molar-refractivity contribution is 0.0773. The Kier molecular flexibility index (Phi) is 5.13. The number of thioether (sulfide) groups is 1. The number of fused-ring (bicyclic) bond motifs is 1. The van der Waals surface area contributed by atoms with E-state index in [1.807, 2.05) is 19.1 Å². The molecule has 28 heavy (non-hydrogen) atoms. The molecule has 5 nitrogen and oxygen atoms in total. The van der Waals surface area contributed by atoms with Gasteiger partial charge in [0.25, 0.3) is 5.91 Å². The van der Waals surface area contributed by atoms with E-state index in [0.717, 1.165) is 23.3 Å². The molecule has 1 aliphatic heterocycles. The monoisotopic (exact) mass is 400 g/mol. The molecule has 0 bridgehead atoms. The van der Waals surface area contributed by atoms with Gasteiger partial charge in [0.2, 0.25) is 0 Å². The molecule has 0 unspecified atom stereocenters. The maximum absolute atomic E-state index is 13.7. The molecule has 0 radical (unpaired) electrons. The van der Waals surface area contributed by atoms with Gasteiger partial charge in [0.05, 0.1) is 11.3 Å². The molecule has 0 saturated carbocycles. The molecule has 1 amide bonds. The molecular formula is C20H18F2N4OS. The van der Waals surface area contributed by atoms with Gasteiger partial charge in [0.1, 0.15) is 11.6 Å². The number of hydrogen-bond acceptors (Lipinski definition) is 5. The lowest BCUT2D eigenvalue weighted by Gasteiger charge is -2.27. The van der Waals surface area contributed by atoms with Gasteiger partial charge in [-0.1, -0.05) is 0 Å². The van der Waals surface area contributed by atoms with Crippen molar-refractivity contribution >= 4 is 40.1 Å². The van der Waals surface area contributed by atoms with Crippen LogP contribution in [0.4, 0.5) is 20.2 Å². The molecule has 0 atom stereocenters. The predicted molar refractivity (Wildman–Crippen MR) is 107 cm³/mol. The fraction of sp³-hybridized carbons (Fsp3) is 0.250. The van der Waals surface area contributed by atoms with Crippen molar-refractivity contribution in [1.82, 2.24) is 14.9 Å². The van der Waals surface area contributed by atoms with Crippen LogP contribution in [0.3, 0.4) is 0 Å². The highest BCUT2D eigenvalue weighted by atomic mass is 32.2. The zero-order valence-electron chi connectivity index (χ0n) is 15.2. The van der Waals surface area contributed by atoms with E-state index in [2.05, 4.69) is 15.3 Å². The van der Waals surface area contributed by atoms with Crippen molar-refractivity contribution in [3.05, 3.63) is 59.4 Å². The van der Waals surface area contributed by atoms with Crippen LogP contribution < -0.4 is 5.32 Å². The summed E-state index contributed by atoms with van der Waals surface area (Å²) in [5.74, 6) is 0.206. The number of hydrogen-bond donors (Lipinski definition) is 1. The van der Waals surface area contributed by atoms with Crippen LogP contribution in [0.25, 0.3) is 11.0 Å². The molecule has 3 heterocycles. The number of aryl methyl sites for hydroxylation is 1. The molecule has 144 valence electrons. The first-order valence-electron chi connectivity index (χ1n) is 8.88. The standard InChI is InChI=1S/C20H18F2N4OS/c1-12-2-3-16-18(25-15-9-13(21)8-14(22)10-15)17(11-23-19(16)24-12)20(27)26-4-6-28-7-5-26/h2-3,8-11H,4-7H2,1H3,(H,23,24,25). The Morgan fingerprint density at radius 3 is 2.57 bits per heavy atom. The first kappa shape index (κ1) is 18.6. The van der Waals surface area contributed by atoms with Crippen molar-refractivity contribution in [3.63, 3.8) is 0 Å². The number of anilines is 2. The largest absolute Gasteiger partial charge is 0.354 e. The van der Waals surface area contributed by atoms with E-state index in [1.54, 1.807) is 16.7 Å². The van der Waals surface area contributed by atoms with E-state index in [4.69, 9.17) is 0 Å². The quantitative estimate of drug-likeness (QED) is 0.716. The number of halogens is 2. The first-order valence-corrected chi connectivity index (χ1v) is 10.0. The number of carbonyl (C=O) groups is 1. The van der Waals surface area contributed by atoms with Crippen molar-refractivity contribution in [2.45, 2.75) is 6.92 Å². The van der Waals surface area contributed by atoms with Crippen LogP contribution in [0.2, 0.25) is 0 Å². The van der Waals surface area contributed by atoms with E-state index in [0.29, 0.717) is 35.4 Å². The van der Waals surface area contributed by atoms with Gasteiger partial charge < -0.3 is 10.2 Å². The smallest absolute Gasteiger partial charge is 0.257 e. The van der Waals surface area contributed by atoms with Gasteiger partial charge in [-0.15, -0.1) is 0 Å². The van der Waals surface area contributed by atoms with Crippen LogP contribution in [0.1, 0.15) is 16.1 Å². The molecule has 1 fully saturated rings. The second-order valence-electron chi connectivity index (χ2n) is 6.56. The maximum Gasteiger partial charge on any atom is 0.257 e. The van der Waals surface area contributed by atoms with Crippen LogP contribution in [0, 0.1) is 18.6 Å². The molecule has 1 saturated heterocycles. The Labute approximate surface area is 165 Å². The van der Waals surface area contributed by atoms with Gasteiger partial charge in [0, 0.05) is 53.6 Å². The summed E-state index contributed by atoms with van der Waals surface area (Å²) in [6.07, 6.45) is 1.48. The summed E-state index contributed by atoms with van der Waals surface area (Å²) in [5.41, 5.74) is 2.27. The minimum absolute atomic E-state index is 0.158. The summed E-state index contributed by atoms with van der Waals surface area (Å²) in [6, 6.07) is 6.79. The van der Waals surface area contributed by atoms with E-state index in [-0.39, 0.29) is 11.6 Å². The molecule has 8 heteroatoms. The Hall–Kier alpha value is -2.74. The lowest BCUT2D eigenvalue weighted by atomic mass is 10.1. The third-order valence-corrected chi connectivity index (χ3v) is 5.47. The fourth-order valence-corrected chi connectivity index (χ4v) is 4.08. The molecule has 0 spiro atoms. The molecule has 4 rings (SSSR count). The third-order valence-electron chi connectivity index (χ3n) is 4.53. The number of amides is 1. The van der Waals surface area contributed by atoms with Crippen LogP contribution in [0.5, 0.6) is 0 Å². The van der Waals surface area contributed by atoms with Crippen molar-refractivity contribution in [3.8, 4) is 0 Å². The van der Waals surface area contributed by atoms with Gasteiger partial charge >= 0.3 is 0 Å². The minimum atomic E-state index is -0.698. The first-order chi connectivity index (χ1) is 13.5. The van der Waals surface area contributed by atoms with Crippen molar-refractivity contribution < 1.29 is 13.6 Å². The Morgan fingerprint density at radius 2 is 1.86 bits per heavy atom. The van der Waals surface area contributed by atoms with E-state index in [1.165, 1.54) is 18.3 Å². The van der Waals surface area contributed by atoms with Crippen LogP contribution in [-0.4, -0.2) is 45.4 Å². The number of aromatic nitrogens is 2. The minimum Gasteiger partial charge on any atom is -0.354 e. The summed E-state index contributed by atoms with van der Waals surface area (Å²) in [4.78, 5) is 23.6. The lowest BCUT2D eigenvalue weighted by Crippen LogP contribution is -2.38. The van der Waals surface area contributed by atoms with Crippen LogP contribution in [0.15, 0.2) is 36.5 Å².